The summed E-state index contributed by atoms with van der Waals surface area (Å²) < 4.78 is 0. The van der Waals surface area contributed by atoms with Crippen molar-refractivity contribution in [2.75, 3.05) is 11.9 Å². The van der Waals surface area contributed by atoms with Crippen molar-refractivity contribution in [3.05, 3.63) is 24.0 Å². The molecule has 1 aliphatic rings. The van der Waals surface area contributed by atoms with Crippen LogP contribution in [0.3, 0.4) is 0 Å². The van der Waals surface area contributed by atoms with Gasteiger partial charge in [-0.05, 0) is 43.7 Å². The fourth-order valence-corrected chi connectivity index (χ4v) is 3.22. The quantitative estimate of drug-likeness (QED) is 0.873. The van der Waals surface area contributed by atoms with Crippen molar-refractivity contribution < 1.29 is 4.79 Å². The van der Waals surface area contributed by atoms with Crippen molar-refractivity contribution in [1.82, 2.24) is 10.3 Å². The number of pyridine rings is 1. The molecule has 0 radical (unpaired) electrons. The van der Waals surface area contributed by atoms with Crippen LogP contribution >= 0.6 is 0 Å². The number of amides is 1. The molecule has 1 aromatic rings. The van der Waals surface area contributed by atoms with E-state index in [1.807, 2.05) is 13.0 Å². The van der Waals surface area contributed by atoms with Gasteiger partial charge in [-0.1, -0.05) is 26.7 Å². The predicted octanol–water partition coefficient (Wildman–Crippen LogP) is 3.46. The number of rotatable bonds is 5. The second-order valence-corrected chi connectivity index (χ2v) is 6.23. The van der Waals surface area contributed by atoms with Crippen LogP contribution in [-0.4, -0.2) is 23.5 Å². The van der Waals surface area contributed by atoms with E-state index < -0.39 is 0 Å². The summed E-state index contributed by atoms with van der Waals surface area (Å²) in [4.78, 5) is 16.6. The third-order valence-corrected chi connectivity index (χ3v) is 4.37. The highest BCUT2D eigenvalue weighted by molar-refractivity contribution is 5.92. The minimum Gasteiger partial charge on any atom is -0.384 e. The first kappa shape index (κ1) is 15.8. The van der Waals surface area contributed by atoms with Gasteiger partial charge < -0.3 is 10.6 Å². The molecular weight excluding hydrogens is 262 g/mol. The highest BCUT2D eigenvalue weighted by Gasteiger charge is 2.29. The molecule has 1 amide bonds. The van der Waals surface area contributed by atoms with Gasteiger partial charge in [-0.2, -0.15) is 0 Å². The third kappa shape index (κ3) is 4.19. The number of hydrogen-bond donors (Lipinski definition) is 2. The van der Waals surface area contributed by atoms with E-state index in [4.69, 9.17) is 0 Å². The molecular formula is C17H27N3O. The zero-order valence-electron chi connectivity index (χ0n) is 13.4. The Bertz CT molecular complexity index is 456. The van der Waals surface area contributed by atoms with E-state index in [2.05, 4.69) is 29.5 Å². The number of nitrogens with one attached hydrogen (secondary N) is 2. The SMILES string of the molecule is CCNc1ccc(C(=O)NC2CCCCC2C(C)C)nc1. The zero-order valence-corrected chi connectivity index (χ0v) is 13.4. The maximum Gasteiger partial charge on any atom is 0.270 e. The van der Waals surface area contributed by atoms with Gasteiger partial charge >= 0.3 is 0 Å². The molecule has 1 saturated carbocycles. The van der Waals surface area contributed by atoms with Crippen LogP contribution in [-0.2, 0) is 0 Å². The number of hydrogen-bond acceptors (Lipinski definition) is 3. The summed E-state index contributed by atoms with van der Waals surface area (Å²) in [5, 5.41) is 6.38. The Morgan fingerprint density at radius 3 is 2.71 bits per heavy atom. The minimum absolute atomic E-state index is 0.0457. The standard InChI is InChI=1S/C17H27N3O/c1-4-18-13-9-10-16(19-11-13)17(21)20-15-8-6-5-7-14(15)12(2)3/h9-12,14-15,18H,4-8H2,1-3H3,(H,20,21). The number of carbonyl (C=O) groups is 1. The Morgan fingerprint density at radius 2 is 2.10 bits per heavy atom. The van der Waals surface area contributed by atoms with Crippen LogP contribution in [0.5, 0.6) is 0 Å². The van der Waals surface area contributed by atoms with E-state index in [-0.39, 0.29) is 5.91 Å². The highest BCUT2D eigenvalue weighted by atomic mass is 16.1. The normalized spacial score (nSPS) is 22.1. The van der Waals surface area contributed by atoms with Gasteiger partial charge in [-0.3, -0.25) is 4.79 Å². The average molecular weight is 289 g/mol. The van der Waals surface area contributed by atoms with Gasteiger partial charge in [0.2, 0.25) is 0 Å². The van der Waals surface area contributed by atoms with Crippen molar-refractivity contribution in [3.8, 4) is 0 Å². The lowest BCUT2D eigenvalue weighted by molar-refractivity contribution is 0.0884. The summed E-state index contributed by atoms with van der Waals surface area (Å²) in [7, 11) is 0. The van der Waals surface area contributed by atoms with Gasteiger partial charge in [-0.25, -0.2) is 4.98 Å². The van der Waals surface area contributed by atoms with Gasteiger partial charge in [0.05, 0.1) is 11.9 Å². The van der Waals surface area contributed by atoms with E-state index in [0.717, 1.165) is 18.7 Å². The van der Waals surface area contributed by atoms with Crippen LogP contribution in [0.4, 0.5) is 5.69 Å². The second-order valence-electron chi connectivity index (χ2n) is 6.23. The Balaban J connectivity index is 1.99. The van der Waals surface area contributed by atoms with Gasteiger partial charge in [-0.15, -0.1) is 0 Å². The molecule has 21 heavy (non-hydrogen) atoms. The molecule has 0 aliphatic heterocycles. The van der Waals surface area contributed by atoms with Gasteiger partial charge in [0.25, 0.3) is 5.91 Å². The predicted molar refractivity (Wildman–Crippen MR) is 86.5 cm³/mol. The van der Waals surface area contributed by atoms with Crippen LogP contribution in [0.2, 0.25) is 0 Å². The Labute approximate surface area is 127 Å². The molecule has 2 atom stereocenters. The Hall–Kier alpha value is -1.58. The molecule has 2 rings (SSSR count). The van der Waals surface area contributed by atoms with Crippen molar-refractivity contribution in [3.63, 3.8) is 0 Å². The zero-order chi connectivity index (χ0) is 15.2. The van der Waals surface area contributed by atoms with Crippen LogP contribution in [0.15, 0.2) is 18.3 Å². The van der Waals surface area contributed by atoms with Crippen molar-refractivity contribution in [2.24, 2.45) is 11.8 Å². The maximum absolute atomic E-state index is 12.4. The van der Waals surface area contributed by atoms with Crippen molar-refractivity contribution in [2.45, 2.75) is 52.5 Å². The first-order valence-corrected chi connectivity index (χ1v) is 8.12. The lowest BCUT2D eigenvalue weighted by Gasteiger charge is -2.34. The summed E-state index contributed by atoms with van der Waals surface area (Å²) in [5.74, 6) is 1.15. The first-order valence-electron chi connectivity index (χ1n) is 8.12. The van der Waals surface area contributed by atoms with E-state index in [1.165, 1.54) is 19.3 Å². The van der Waals surface area contributed by atoms with Crippen LogP contribution < -0.4 is 10.6 Å². The fourth-order valence-electron chi connectivity index (χ4n) is 3.22. The monoisotopic (exact) mass is 289 g/mol. The molecule has 0 bridgehead atoms. The number of carbonyl (C=O) groups excluding carboxylic acids is 1. The smallest absolute Gasteiger partial charge is 0.270 e. The number of aromatic nitrogens is 1. The topological polar surface area (TPSA) is 54.0 Å². The highest BCUT2D eigenvalue weighted by Crippen LogP contribution is 2.30. The summed E-state index contributed by atoms with van der Waals surface area (Å²) >= 11 is 0. The van der Waals surface area contributed by atoms with E-state index >= 15 is 0 Å². The van der Waals surface area contributed by atoms with Crippen LogP contribution in [0.25, 0.3) is 0 Å². The first-order chi connectivity index (χ1) is 10.1. The maximum atomic E-state index is 12.4. The van der Waals surface area contributed by atoms with Gasteiger partial charge in [0, 0.05) is 12.6 Å². The number of anilines is 1. The Kier molecular flexibility index (Phi) is 5.59. The summed E-state index contributed by atoms with van der Waals surface area (Å²) in [6.07, 6.45) is 6.52. The molecule has 1 aliphatic carbocycles. The van der Waals surface area contributed by atoms with E-state index in [9.17, 15) is 4.79 Å². The van der Waals surface area contributed by atoms with Crippen LogP contribution in [0, 0.1) is 11.8 Å². The number of nitrogens with zero attached hydrogens (tertiary/aromatic N) is 1. The fraction of sp³-hybridized carbons (Fsp3) is 0.647. The lowest BCUT2D eigenvalue weighted by atomic mass is 9.78. The van der Waals surface area contributed by atoms with Gasteiger partial charge in [0.15, 0.2) is 0 Å². The molecule has 116 valence electrons. The summed E-state index contributed by atoms with van der Waals surface area (Å²) in [6.45, 7) is 7.39. The summed E-state index contributed by atoms with van der Waals surface area (Å²) in [6, 6.07) is 3.99. The molecule has 1 aromatic heterocycles. The van der Waals surface area contributed by atoms with E-state index in [0.29, 0.717) is 23.6 Å². The van der Waals surface area contributed by atoms with Crippen LogP contribution in [0.1, 0.15) is 56.9 Å². The molecule has 2 unspecified atom stereocenters. The molecule has 0 aromatic carbocycles. The average Bonchev–Trinajstić information content (AvgIpc) is 2.48. The molecule has 2 N–H and O–H groups in total. The molecule has 1 fully saturated rings. The van der Waals surface area contributed by atoms with Crippen molar-refractivity contribution >= 4 is 11.6 Å². The Morgan fingerprint density at radius 1 is 1.33 bits per heavy atom. The largest absolute Gasteiger partial charge is 0.384 e. The van der Waals surface area contributed by atoms with Gasteiger partial charge in [0.1, 0.15) is 5.69 Å². The molecule has 0 saturated heterocycles. The second kappa shape index (κ2) is 7.43. The summed E-state index contributed by atoms with van der Waals surface area (Å²) in [5.41, 5.74) is 1.46. The molecule has 0 spiro atoms. The van der Waals surface area contributed by atoms with E-state index in [1.54, 1.807) is 12.3 Å². The minimum atomic E-state index is -0.0457. The lowest BCUT2D eigenvalue weighted by Crippen LogP contribution is -2.44. The molecule has 4 heteroatoms. The third-order valence-electron chi connectivity index (χ3n) is 4.37. The van der Waals surface area contributed by atoms with Crippen molar-refractivity contribution in [1.29, 1.82) is 0 Å². The molecule has 1 heterocycles. The molecule has 4 nitrogen and oxygen atoms in total.